The third-order valence-electron chi connectivity index (χ3n) is 10.4. The van der Waals surface area contributed by atoms with Gasteiger partial charge in [0.1, 0.15) is 24.2 Å². The fourth-order valence-corrected chi connectivity index (χ4v) is 6.66. The quantitative estimate of drug-likeness (QED) is 0.0404. The Morgan fingerprint density at radius 3 is 1.51 bits per heavy atom. The first kappa shape index (κ1) is 49.7. The van der Waals surface area contributed by atoms with E-state index in [9.17, 15) is 38.7 Å². The van der Waals surface area contributed by atoms with Crippen LogP contribution < -0.4 is 38.5 Å². The predicted octanol–water partition coefficient (Wildman–Crippen LogP) is 3.95. The molecule has 0 spiro atoms. The number of anilines is 1. The average molecular weight is 822 g/mol. The second kappa shape index (κ2) is 28.0. The van der Waals surface area contributed by atoms with Gasteiger partial charge in [-0.2, -0.15) is 0 Å². The lowest BCUT2D eigenvalue weighted by molar-refractivity contribution is -0.142. The lowest BCUT2D eigenvalue weighted by Gasteiger charge is -2.26. The van der Waals surface area contributed by atoms with E-state index < -0.39 is 66.1 Å². The monoisotopic (exact) mass is 822 g/mol. The lowest BCUT2D eigenvalue weighted by Crippen LogP contribution is -2.55. The summed E-state index contributed by atoms with van der Waals surface area (Å²) in [5.41, 5.74) is 18.7. The molecule has 0 radical (unpaired) electrons. The fraction of sp³-hybridized carbons (Fsp3) is 0.568. The molecule has 0 aliphatic rings. The van der Waals surface area contributed by atoms with Crippen LogP contribution in [0.15, 0.2) is 54.6 Å². The Bertz CT molecular complexity index is 1620. The molecule has 0 bridgehead atoms. The van der Waals surface area contributed by atoms with Crippen LogP contribution >= 0.6 is 0 Å². The Balaban J connectivity index is 1.57. The van der Waals surface area contributed by atoms with Gasteiger partial charge in [0, 0.05) is 31.4 Å². The number of rotatable bonds is 31. The molecule has 5 atom stereocenters. The summed E-state index contributed by atoms with van der Waals surface area (Å²) in [6, 6.07) is 11.6. The van der Waals surface area contributed by atoms with Gasteiger partial charge in [-0.15, -0.1) is 0 Å². The van der Waals surface area contributed by atoms with Crippen molar-refractivity contribution in [3.8, 4) is 0 Å². The number of amides is 6. The van der Waals surface area contributed by atoms with Crippen LogP contribution in [0, 0.1) is 5.92 Å². The maximum Gasteiger partial charge on any atom is 0.326 e. The fourth-order valence-electron chi connectivity index (χ4n) is 6.66. The van der Waals surface area contributed by atoms with E-state index in [1.807, 2.05) is 13.8 Å². The molecule has 0 unspecified atom stereocenters. The van der Waals surface area contributed by atoms with Crippen molar-refractivity contribution in [1.82, 2.24) is 21.3 Å². The van der Waals surface area contributed by atoms with E-state index in [1.54, 1.807) is 54.6 Å². The summed E-state index contributed by atoms with van der Waals surface area (Å²) in [5.74, 6) is -4.62. The second-order valence-corrected chi connectivity index (χ2v) is 15.5. The molecule has 6 amide bonds. The standard InChI is InChI=1S/C44H67N7O8/c1-3-30(2)40(43(57)49-34(41(47)55)27-32-23-25-33(45)26-24-32)51-39(54)22-18-13-11-9-7-5-4-6-8-10-12-17-21-38(53)48-35(29-37(46)52)42(56)50-36(44(58)59)28-31-19-15-14-16-20-31/h14-16,19-20,23-26,30,34-36,40H,3-13,17-18,21-22,27-29,45H2,1-2H3,(H2,46,52)(H2,47,55)(H,48,53)(H,49,57)(H,50,56)(H,51,54)(H,58,59)/t30-,34-,35-,36-,40-/m0/s1. The zero-order chi connectivity index (χ0) is 43.6. The topological polar surface area (TPSA) is 266 Å². The van der Waals surface area contributed by atoms with Crippen molar-refractivity contribution in [3.05, 3.63) is 65.7 Å². The average Bonchev–Trinajstić information content (AvgIpc) is 3.19. The molecule has 326 valence electrons. The molecule has 59 heavy (non-hydrogen) atoms. The molecule has 15 nitrogen and oxygen atoms in total. The molecule has 2 rings (SSSR count). The van der Waals surface area contributed by atoms with Crippen molar-refractivity contribution in [2.75, 3.05) is 5.73 Å². The Labute approximate surface area is 348 Å². The second-order valence-electron chi connectivity index (χ2n) is 15.5. The molecule has 0 heterocycles. The third kappa shape index (κ3) is 21.2. The highest BCUT2D eigenvalue weighted by atomic mass is 16.4. The largest absolute Gasteiger partial charge is 0.480 e. The van der Waals surface area contributed by atoms with Gasteiger partial charge in [0.05, 0.1) is 6.42 Å². The predicted molar refractivity (Wildman–Crippen MR) is 227 cm³/mol. The minimum absolute atomic E-state index is 0.0448. The summed E-state index contributed by atoms with van der Waals surface area (Å²) < 4.78 is 0. The highest BCUT2D eigenvalue weighted by Crippen LogP contribution is 2.15. The van der Waals surface area contributed by atoms with Crippen LogP contribution in [-0.2, 0) is 46.4 Å². The van der Waals surface area contributed by atoms with Gasteiger partial charge in [0.25, 0.3) is 0 Å². The highest BCUT2D eigenvalue weighted by Gasteiger charge is 2.30. The molecule has 11 N–H and O–H groups in total. The molecular weight excluding hydrogens is 755 g/mol. The van der Waals surface area contributed by atoms with Gasteiger partial charge in [-0.3, -0.25) is 28.8 Å². The molecule has 2 aromatic carbocycles. The molecule has 2 aromatic rings. The van der Waals surface area contributed by atoms with Gasteiger partial charge in [-0.1, -0.05) is 127 Å². The number of hydrogen-bond acceptors (Lipinski definition) is 8. The number of hydrogen-bond donors (Lipinski definition) is 8. The van der Waals surface area contributed by atoms with Crippen molar-refractivity contribution in [3.63, 3.8) is 0 Å². The number of nitrogens with two attached hydrogens (primary N) is 3. The minimum Gasteiger partial charge on any atom is -0.480 e. The molecular formula is C44H67N7O8. The van der Waals surface area contributed by atoms with E-state index in [4.69, 9.17) is 17.2 Å². The Kier molecular flexibility index (Phi) is 23.6. The normalized spacial score (nSPS) is 13.5. The van der Waals surface area contributed by atoms with E-state index in [0.717, 1.165) is 76.2 Å². The van der Waals surface area contributed by atoms with Gasteiger partial charge in [0.2, 0.25) is 35.4 Å². The van der Waals surface area contributed by atoms with Gasteiger partial charge in [-0.05, 0) is 42.0 Å². The minimum atomic E-state index is -1.26. The summed E-state index contributed by atoms with van der Waals surface area (Å²) in [6.45, 7) is 3.83. The van der Waals surface area contributed by atoms with Gasteiger partial charge >= 0.3 is 5.97 Å². The van der Waals surface area contributed by atoms with Gasteiger partial charge in [-0.25, -0.2) is 4.79 Å². The molecule has 0 aliphatic carbocycles. The number of carboxylic acids is 1. The number of nitrogen functional groups attached to an aromatic ring is 1. The Morgan fingerprint density at radius 2 is 1.03 bits per heavy atom. The highest BCUT2D eigenvalue weighted by molar-refractivity contribution is 5.94. The van der Waals surface area contributed by atoms with Gasteiger partial charge in [0.15, 0.2) is 0 Å². The zero-order valence-corrected chi connectivity index (χ0v) is 34.8. The van der Waals surface area contributed by atoms with Gasteiger partial charge < -0.3 is 43.6 Å². The van der Waals surface area contributed by atoms with Crippen molar-refractivity contribution in [2.24, 2.45) is 17.4 Å². The number of aliphatic carboxylic acids is 1. The first-order valence-corrected chi connectivity index (χ1v) is 21.1. The summed E-state index contributed by atoms with van der Waals surface area (Å²) >= 11 is 0. The summed E-state index contributed by atoms with van der Waals surface area (Å²) in [7, 11) is 0. The molecule has 0 aromatic heterocycles. The number of carbonyl (C=O) groups excluding carboxylic acids is 6. The van der Waals surface area contributed by atoms with Crippen LogP contribution in [0.25, 0.3) is 0 Å². The maximum atomic E-state index is 13.2. The SMILES string of the molecule is CC[C@H](C)[C@H](NC(=O)CCCCCCCCCCCCCCC(=O)N[C@@H](CC(N)=O)C(=O)N[C@@H](Cc1ccccc1)C(=O)O)C(=O)N[C@@H](Cc1ccc(N)cc1)C(N)=O. The Hall–Kier alpha value is -5.47. The van der Waals surface area contributed by atoms with Crippen molar-refractivity contribution in [2.45, 2.75) is 154 Å². The summed E-state index contributed by atoms with van der Waals surface area (Å²) in [4.78, 5) is 87.0. The number of carbonyl (C=O) groups is 7. The van der Waals surface area contributed by atoms with E-state index in [2.05, 4.69) is 21.3 Å². The van der Waals surface area contributed by atoms with E-state index in [-0.39, 0.29) is 31.1 Å². The molecule has 0 saturated heterocycles. The van der Waals surface area contributed by atoms with Crippen LogP contribution in [0.5, 0.6) is 0 Å². The van der Waals surface area contributed by atoms with E-state index >= 15 is 0 Å². The number of unbranched alkanes of at least 4 members (excludes halogenated alkanes) is 11. The third-order valence-corrected chi connectivity index (χ3v) is 10.4. The van der Waals surface area contributed by atoms with Crippen LogP contribution in [-0.4, -0.2) is 70.7 Å². The number of benzene rings is 2. The molecule has 15 heteroatoms. The molecule has 0 aliphatic heterocycles. The van der Waals surface area contributed by atoms with Crippen molar-refractivity contribution >= 4 is 47.1 Å². The first-order chi connectivity index (χ1) is 28.2. The summed E-state index contributed by atoms with van der Waals surface area (Å²) in [5, 5.41) is 20.2. The maximum absolute atomic E-state index is 13.2. The van der Waals surface area contributed by atoms with Crippen LogP contribution in [0.2, 0.25) is 0 Å². The number of nitrogens with one attached hydrogen (secondary N) is 4. The number of primary amides is 2. The smallest absolute Gasteiger partial charge is 0.326 e. The van der Waals surface area contributed by atoms with Crippen LogP contribution in [0.4, 0.5) is 5.69 Å². The molecule has 0 saturated carbocycles. The van der Waals surface area contributed by atoms with Crippen LogP contribution in [0.1, 0.15) is 128 Å². The first-order valence-electron chi connectivity index (χ1n) is 21.1. The zero-order valence-electron chi connectivity index (χ0n) is 34.8. The Morgan fingerprint density at radius 1 is 0.576 bits per heavy atom. The van der Waals surface area contributed by atoms with E-state index in [0.29, 0.717) is 30.5 Å². The van der Waals surface area contributed by atoms with E-state index in [1.165, 1.54) is 0 Å². The van der Waals surface area contributed by atoms with Crippen LogP contribution in [0.3, 0.4) is 0 Å². The summed E-state index contributed by atoms with van der Waals surface area (Å²) in [6.07, 6.45) is 12.6. The van der Waals surface area contributed by atoms with Crippen molar-refractivity contribution < 1.29 is 38.7 Å². The van der Waals surface area contributed by atoms with Crippen molar-refractivity contribution in [1.29, 1.82) is 0 Å². The molecule has 0 fully saturated rings. The lowest BCUT2D eigenvalue weighted by atomic mass is 9.97. The number of carboxylic acid groups (broad SMARTS) is 1.